The topological polar surface area (TPSA) is 46.2 Å². The Bertz CT molecular complexity index is 415. The minimum Gasteiger partial charge on any atom is -0.507 e. The molecule has 0 aromatic heterocycles. The number of halogens is 3. The first-order chi connectivity index (χ1) is 6.95. The van der Waals surface area contributed by atoms with E-state index in [-0.39, 0.29) is 12.1 Å². The molecule has 1 rings (SSSR count). The standard InChI is InChI=1S/C10H8F3NO/c11-10(12,13)8-4-3-7(2-1-5-14)9(15)6-8/h3-4,6,15H,5,14H2. The van der Waals surface area contributed by atoms with Crippen LogP contribution in [0.4, 0.5) is 13.2 Å². The van der Waals surface area contributed by atoms with E-state index in [2.05, 4.69) is 11.8 Å². The summed E-state index contributed by atoms with van der Waals surface area (Å²) in [5, 5.41) is 9.24. The number of phenols is 1. The van der Waals surface area contributed by atoms with E-state index in [1.807, 2.05) is 0 Å². The fourth-order valence-electron chi connectivity index (χ4n) is 0.960. The second kappa shape index (κ2) is 4.24. The lowest BCUT2D eigenvalue weighted by atomic mass is 10.1. The van der Waals surface area contributed by atoms with E-state index in [9.17, 15) is 18.3 Å². The predicted octanol–water partition coefficient (Wildman–Crippen LogP) is 1.72. The van der Waals surface area contributed by atoms with Crippen molar-refractivity contribution in [3.63, 3.8) is 0 Å². The molecule has 0 radical (unpaired) electrons. The van der Waals surface area contributed by atoms with Crippen LogP contribution >= 0.6 is 0 Å². The Balaban J connectivity index is 3.09. The Hall–Kier alpha value is -1.67. The van der Waals surface area contributed by atoms with Crippen LogP contribution in [0, 0.1) is 11.8 Å². The number of hydrogen-bond donors (Lipinski definition) is 2. The predicted molar refractivity (Wildman–Crippen MR) is 49.0 cm³/mol. The second-order valence-electron chi connectivity index (χ2n) is 2.74. The SMILES string of the molecule is NCC#Cc1ccc(C(F)(F)F)cc1O. The lowest BCUT2D eigenvalue weighted by Gasteiger charge is -2.07. The lowest BCUT2D eigenvalue weighted by molar-refractivity contribution is -0.137. The van der Waals surface area contributed by atoms with Crippen molar-refractivity contribution in [3.05, 3.63) is 29.3 Å². The molecule has 80 valence electrons. The van der Waals surface area contributed by atoms with Gasteiger partial charge in [0.25, 0.3) is 0 Å². The summed E-state index contributed by atoms with van der Waals surface area (Å²) in [6, 6.07) is 2.61. The minimum atomic E-state index is -4.46. The molecule has 0 aliphatic heterocycles. The van der Waals surface area contributed by atoms with Crippen LogP contribution in [0.25, 0.3) is 0 Å². The van der Waals surface area contributed by atoms with E-state index in [0.717, 1.165) is 12.1 Å². The van der Waals surface area contributed by atoms with Gasteiger partial charge in [0.1, 0.15) is 5.75 Å². The number of aromatic hydroxyl groups is 1. The van der Waals surface area contributed by atoms with Crippen LogP contribution in [0.2, 0.25) is 0 Å². The Labute approximate surface area is 84.5 Å². The lowest BCUT2D eigenvalue weighted by Crippen LogP contribution is -2.04. The molecule has 0 unspecified atom stereocenters. The first kappa shape index (κ1) is 11.4. The molecule has 3 N–H and O–H groups in total. The largest absolute Gasteiger partial charge is 0.507 e. The van der Waals surface area contributed by atoms with Crippen molar-refractivity contribution < 1.29 is 18.3 Å². The molecule has 0 atom stereocenters. The van der Waals surface area contributed by atoms with Crippen molar-refractivity contribution >= 4 is 0 Å². The average molecular weight is 215 g/mol. The molecule has 0 aliphatic rings. The number of phenolic OH excluding ortho intramolecular Hbond substituents is 1. The minimum absolute atomic E-state index is 0.0838. The summed E-state index contributed by atoms with van der Waals surface area (Å²) in [6.45, 7) is 0.0838. The molecule has 0 bridgehead atoms. The molecule has 1 aromatic carbocycles. The van der Waals surface area contributed by atoms with Crippen LogP contribution < -0.4 is 5.73 Å². The van der Waals surface area contributed by atoms with Gasteiger partial charge in [0.05, 0.1) is 17.7 Å². The Kier molecular flexibility index (Phi) is 3.22. The summed E-state index contributed by atoms with van der Waals surface area (Å²) in [5.74, 6) is 4.40. The maximum absolute atomic E-state index is 12.2. The molecule has 0 aliphatic carbocycles. The van der Waals surface area contributed by atoms with Gasteiger partial charge in [0.2, 0.25) is 0 Å². The van der Waals surface area contributed by atoms with Crippen molar-refractivity contribution in [2.45, 2.75) is 6.18 Å². The van der Waals surface area contributed by atoms with Crippen molar-refractivity contribution in [3.8, 4) is 17.6 Å². The molecule has 5 heteroatoms. The van der Waals surface area contributed by atoms with Gasteiger partial charge in [-0.15, -0.1) is 0 Å². The van der Waals surface area contributed by atoms with Gasteiger partial charge in [0, 0.05) is 0 Å². The highest BCUT2D eigenvalue weighted by Crippen LogP contribution is 2.32. The summed E-state index contributed by atoms with van der Waals surface area (Å²) in [6.07, 6.45) is -4.46. The van der Waals surface area contributed by atoms with Gasteiger partial charge in [0.15, 0.2) is 0 Å². The Morgan fingerprint density at radius 2 is 2.00 bits per heavy atom. The first-order valence-corrected chi connectivity index (χ1v) is 4.04. The van der Waals surface area contributed by atoms with E-state index in [1.165, 1.54) is 0 Å². The van der Waals surface area contributed by atoms with Gasteiger partial charge in [-0.2, -0.15) is 13.2 Å². The molecule has 15 heavy (non-hydrogen) atoms. The van der Waals surface area contributed by atoms with Crippen LogP contribution in [-0.4, -0.2) is 11.7 Å². The zero-order valence-corrected chi connectivity index (χ0v) is 7.60. The van der Waals surface area contributed by atoms with Crippen LogP contribution in [0.15, 0.2) is 18.2 Å². The molecule has 0 spiro atoms. The highest BCUT2D eigenvalue weighted by Gasteiger charge is 2.30. The van der Waals surface area contributed by atoms with Gasteiger partial charge in [-0.05, 0) is 18.2 Å². The number of rotatable bonds is 0. The van der Waals surface area contributed by atoms with Gasteiger partial charge in [-0.3, -0.25) is 0 Å². The highest BCUT2D eigenvalue weighted by molar-refractivity contribution is 5.47. The summed E-state index contributed by atoms with van der Waals surface area (Å²) in [5.41, 5.74) is 4.32. The molecule has 0 saturated heterocycles. The average Bonchev–Trinajstić information content (AvgIpc) is 2.14. The first-order valence-electron chi connectivity index (χ1n) is 4.04. The maximum atomic E-state index is 12.2. The molecule has 0 amide bonds. The second-order valence-corrected chi connectivity index (χ2v) is 2.74. The van der Waals surface area contributed by atoms with Gasteiger partial charge >= 0.3 is 6.18 Å². The van der Waals surface area contributed by atoms with E-state index < -0.39 is 17.5 Å². The third-order valence-corrected chi connectivity index (χ3v) is 1.65. The van der Waals surface area contributed by atoms with Crippen molar-refractivity contribution in [1.82, 2.24) is 0 Å². The Morgan fingerprint density at radius 1 is 1.33 bits per heavy atom. The van der Waals surface area contributed by atoms with Crippen LogP contribution in [0.3, 0.4) is 0 Å². The number of benzene rings is 1. The monoisotopic (exact) mass is 215 g/mol. The normalized spacial score (nSPS) is 10.7. The summed E-state index contributed by atoms with van der Waals surface area (Å²) < 4.78 is 36.6. The molecular formula is C10H8F3NO. The molecule has 1 aromatic rings. The van der Waals surface area contributed by atoms with E-state index in [0.29, 0.717) is 6.07 Å². The van der Waals surface area contributed by atoms with E-state index >= 15 is 0 Å². The van der Waals surface area contributed by atoms with E-state index in [1.54, 1.807) is 0 Å². The zero-order valence-electron chi connectivity index (χ0n) is 7.60. The third-order valence-electron chi connectivity index (χ3n) is 1.65. The van der Waals surface area contributed by atoms with Gasteiger partial charge in [-0.25, -0.2) is 0 Å². The third kappa shape index (κ3) is 2.89. The molecule has 0 heterocycles. The fraction of sp³-hybridized carbons (Fsp3) is 0.200. The number of hydrogen-bond acceptors (Lipinski definition) is 2. The van der Waals surface area contributed by atoms with E-state index in [4.69, 9.17) is 5.73 Å². The van der Waals surface area contributed by atoms with Gasteiger partial charge in [-0.1, -0.05) is 11.8 Å². The molecular weight excluding hydrogens is 207 g/mol. The number of alkyl halides is 3. The van der Waals surface area contributed by atoms with Crippen molar-refractivity contribution in [1.29, 1.82) is 0 Å². The summed E-state index contributed by atoms with van der Waals surface area (Å²) in [4.78, 5) is 0. The summed E-state index contributed by atoms with van der Waals surface area (Å²) in [7, 11) is 0. The van der Waals surface area contributed by atoms with Crippen molar-refractivity contribution in [2.75, 3.05) is 6.54 Å². The quantitative estimate of drug-likeness (QED) is 0.647. The smallest absolute Gasteiger partial charge is 0.416 e. The van der Waals surface area contributed by atoms with Gasteiger partial charge < -0.3 is 10.8 Å². The van der Waals surface area contributed by atoms with Crippen molar-refractivity contribution in [2.24, 2.45) is 5.73 Å². The molecule has 0 fully saturated rings. The van der Waals surface area contributed by atoms with Crippen LogP contribution in [-0.2, 0) is 6.18 Å². The maximum Gasteiger partial charge on any atom is 0.416 e. The zero-order chi connectivity index (χ0) is 11.5. The van der Waals surface area contributed by atoms with Crippen LogP contribution in [0.1, 0.15) is 11.1 Å². The number of nitrogens with two attached hydrogens (primary N) is 1. The Morgan fingerprint density at radius 3 is 2.47 bits per heavy atom. The highest BCUT2D eigenvalue weighted by atomic mass is 19.4. The summed E-state index contributed by atoms with van der Waals surface area (Å²) >= 11 is 0. The fourth-order valence-corrected chi connectivity index (χ4v) is 0.960. The molecule has 0 saturated carbocycles. The van der Waals surface area contributed by atoms with Crippen LogP contribution in [0.5, 0.6) is 5.75 Å². The molecule has 2 nitrogen and oxygen atoms in total.